The predicted molar refractivity (Wildman–Crippen MR) is 137 cm³/mol. The van der Waals surface area contributed by atoms with E-state index in [0.29, 0.717) is 12.4 Å². The third-order valence-electron chi connectivity index (χ3n) is 6.30. The van der Waals surface area contributed by atoms with E-state index in [1.54, 1.807) is 4.90 Å². The van der Waals surface area contributed by atoms with E-state index in [4.69, 9.17) is 9.47 Å². The first-order chi connectivity index (χ1) is 17.6. The largest absolute Gasteiger partial charge is 0.481 e. The molecule has 12 nitrogen and oxygen atoms in total. The van der Waals surface area contributed by atoms with Gasteiger partial charge in [-0.15, -0.1) is 0 Å². The molecule has 12 heteroatoms. The summed E-state index contributed by atoms with van der Waals surface area (Å²) in [5.74, 6) is 0.0101. The number of carbonyl (C=O) groups is 2. The van der Waals surface area contributed by atoms with E-state index in [2.05, 4.69) is 30.8 Å². The molecule has 1 aromatic carbocycles. The molecule has 1 aliphatic heterocycles. The molecule has 37 heavy (non-hydrogen) atoms. The standard InChI is InChI=1S/C25H32N8O4/c1-25(2)20-16(13-33(25)24(35)27-18(14-32(3)4)15-10-8-7-9-11-15)21(31-30-20)29-22(34)17-12-19(36-5)28-23(26-17)37-6/h7-12,18H,13-14H2,1-6H3,(H,27,35)(H2,29,30,31,34). The molecule has 1 atom stereocenters. The number of nitrogens with one attached hydrogen (secondary N) is 3. The Bertz CT molecular complexity index is 1250. The van der Waals surface area contributed by atoms with Crippen LogP contribution < -0.4 is 20.1 Å². The van der Waals surface area contributed by atoms with Gasteiger partial charge in [0.2, 0.25) is 5.88 Å². The van der Waals surface area contributed by atoms with Crippen LogP contribution in [-0.2, 0) is 12.1 Å². The van der Waals surface area contributed by atoms with Crippen molar-refractivity contribution < 1.29 is 19.1 Å². The summed E-state index contributed by atoms with van der Waals surface area (Å²) < 4.78 is 10.2. The van der Waals surface area contributed by atoms with E-state index < -0.39 is 11.4 Å². The van der Waals surface area contributed by atoms with Crippen LogP contribution in [0.4, 0.5) is 10.6 Å². The number of nitrogens with zero attached hydrogens (tertiary/aromatic N) is 5. The van der Waals surface area contributed by atoms with Gasteiger partial charge >= 0.3 is 12.0 Å². The molecule has 1 aliphatic rings. The minimum absolute atomic E-state index is 0.00595. The second-order valence-corrected chi connectivity index (χ2v) is 9.48. The first-order valence-corrected chi connectivity index (χ1v) is 11.8. The average molecular weight is 509 g/mol. The number of likely N-dealkylation sites (N-methyl/N-ethyl adjacent to an activating group) is 1. The van der Waals surface area contributed by atoms with E-state index in [9.17, 15) is 9.59 Å². The molecule has 196 valence electrons. The number of ether oxygens (including phenoxy) is 2. The molecular weight excluding hydrogens is 476 g/mol. The van der Waals surface area contributed by atoms with Crippen LogP contribution in [0, 0.1) is 0 Å². The van der Waals surface area contributed by atoms with Gasteiger partial charge in [0.25, 0.3) is 5.91 Å². The predicted octanol–water partition coefficient (Wildman–Crippen LogP) is 2.53. The van der Waals surface area contributed by atoms with Crippen LogP contribution in [0.5, 0.6) is 11.9 Å². The maximum Gasteiger partial charge on any atom is 0.320 e. The lowest BCUT2D eigenvalue weighted by Crippen LogP contribution is -2.48. The zero-order valence-electron chi connectivity index (χ0n) is 21.8. The number of fused-ring (bicyclic) bond motifs is 1. The van der Waals surface area contributed by atoms with Crippen molar-refractivity contribution in [2.24, 2.45) is 0 Å². The fraction of sp³-hybridized carbons (Fsp3) is 0.400. The monoisotopic (exact) mass is 508 g/mol. The summed E-state index contributed by atoms with van der Waals surface area (Å²) in [7, 11) is 6.78. The SMILES string of the molecule is COc1cc(C(=O)Nc2n[nH]c3c2CN(C(=O)NC(CN(C)C)c2ccccc2)C3(C)C)nc(OC)n1. The molecule has 3 amide bonds. The molecule has 3 heterocycles. The number of H-pyrrole nitrogens is 1. The van der Waals surface area contributed by atoms with E-state index in [0.717, 1.165) is 16.8 Å². The van der Waals surface area contributed by atoms with Gasteiger partial charge in [-0.1, -0.05) is 30.3 Å². The number of anilines is 1. The quantitative estimate of drug-likeness (QED) is 0.422. The normalized spacial score (nSPS) is 14.7. The molecule has 3 aromatic rings. The Morgan fingerprint density at radius 3 is 2.54 bits per heavy atom. The van der Waals surface area contributed by atoms with Gasteiger partial charge < -0.3 is 29.9 Å². The highest BCUT2D eigenvalue weighted by Gasteiger charge is 2.44. The Labute approximate surface area is 215 Å². The molecule has 1 unspecified atom stereocenters. The number of amides is 3. The fourth-order valence-corrected chi connectivity index (χ4v) is 4.34. The number of carbonyl (C=O) groups excluding carboxylic acids is 2. The summed E-state index contributed by atoms with van der Waals surface area (Å²) in [4.78, 5) is 38.3. The lowest BCUT2D eigenvalue weighted by Gasteiger charge is -2.34. The number of urea groups is 1. The van der Waals surface area contributed by atoms with Crippen molar-refractivity contribution >= 4 is 17.8 Å². The smallest absolute Gasteiger partial charge is 0.320 e. The Hall–Kier alpha value is -4.19. The molecule has 2 aromatic heterocycles. The van der Waals surface area contributed by atoms with Crippen LogP contribution in [0.25, 0.3) is 0 Å². The van der Waals surface area contributed by atoms with E-state index >= 15 is 0 Å². The van der Waals surface area contributed by atoms with Gasteiger partial charge in [0.1, 0.15) is 5.69 Å². The van der Waals surface area contributed by atoms with Gasteiger partial charge in [0, 0.05) is 18.2 Å². The number of rotatable bonds is 8. The van der Waals surface area contributed by atoms with Crippen molar-refractivity contribution in [3.05, 3.63) is 58.9 Å². The summed E-state index contributed by atoms with van der Waals surface area (Å²) in [6, 6.07) is 10.9. The van der Waals surface area contributed by atoms with Crippen LogP contribution >= 0.6 is 0 Å². The maximum absolute atomic E-state index is 13.5. The minimum atomic E-state index is -0.684. The number of aromatic amines is 1. The van der Waals surface area contributed by atoms with Gasteiger partial charge in [-0.3, -0.25) is 9.89 Å². The topological polar surface area (TPSA) is 138 Å². The highest BCUT2D eigenvalue weighted by Crippen LogP contribution is 2.40. The van der Waals surface area contributed by atoms with Gasteiger partial charge in [0.15, 0.2) is 5.82 Å². The molecule has 3 N–H and O–H groups in total. The van der Waals surface area contributed by atoms with Crippen molar-refractivity contribution in [1.29, 1.82) is 0 Å². The van der Waals surface area contributed by atoms with E-state index in [-0.39, 0.29) is 36.2 Å². The number of benzene rings is 1. The van der Waals surface area contributed by atoms with Crippen molar-refractivity contribution in [2.75, 3.05) is 40.2 Å². The molecule has 0 fully saturated rings. The summed E-state index contributed by atoms with van der Waals surface area (Å²) >= 11 is 0. The Kier molecular flexibility index (Phi) is 7.30. The van der Waals surface area contributed by atoms with Crippen LogP contribution in [-0.4, -0.2) is 76.8 Å². The van der Waals surface area contributed by atoms with Crippen LogP contribution in [0.3, 0.4) is 0 Å². The first kappa shape index (κ1) is 25.9. The maximum atomic E-state index is 13.5. The summed E-state index contributed by atoms with van der Waals surface area (Å²) in [6.45, 7) is 4.78. The Morgan fingerprint density at radius 1 is 1.16 bits per heavy atom. The molecule has 0 aliphatic carbocycles. The highest BCUT2D eigenvalue weighted by molar-refractivity contribution is 6.03. The third kappa shape index (κ3) is 5.33. The van der Waals surface area contributed by atoms with Gasteiger partial charge in [0.05, 0.1) is 38.0 Å². The summed E-state index contributed by atoms with van der Waals surface area (Å²) in [5, 5.41) is 13.3. The minimum Gasteiger partial charge on any atom is -0.481 e. The fourth-order valence-electron chi connectivity index (χ4n) is 4.34. The lowest BCUT2D eigenvalue weighted by atomic mass is 10.0. The first-order valence-electron chi connectivity index (χ1n) is 11.8. The zero-order valence-corrected chi connectivity index (χ0v) is 21.8. The van der Waals surface area contributed by atoms with Gasteiger partial charge in [-0.2, -0.15) is 15.1 Å². The zero-order chi connectivity index (χ0) is 26.7. The van der Waals surface area contributed by atoms with Crippen LogP contribution in [0.1, 0.15) is 47.2 Å². The molecular formula is C25H32N8O4. The highest BCUT2D eigenvalue weighted by atomic mass is 16.5. The number of hydrogen-bond acceptors (Lipinski definition) is 8. The van der Waals surface area contributed by atoms with Crippen molar-refractivity contribution in [3.63, 3.8) is 0 Å². The van der Waals surface area contributed by atoms with Gasteiger partial charge in [-0.05, 0) is 33.5 Å². The van der Waals surface area contributed by atoms with Crippen molar-refractivity contribution in [2.45, 2.75) is 32.0 Å². The van der Waals surface area contributed by atoms with E-state index in [1.807, 2.05) is 63.2 Å². The second kappa shape index (κ2) is 10.4. The second-order valence-electron chi connectivity index (χ2n) is 9.48. The third-order valence-corrected chi connectivity index (χ3v) is 6.30. The number of aromatic nitrogens is 4. The molecule has 0 spiro atoms. The van der Waals surface area contributed by atoms with Crippen molar-refractivity contribution in [3.8, 4) is 11.9 Å². The van der Waals surface area contributed by atoms with Crippen LogP contribution in [0.2, 0.25) is 0 Å². The number of methoxy groups -OCH3 is 2. The Morgan fingerprint density at radius 2 is 1.89 bits per heavy atom. The van der Waals surface area contributed by atoms with Crippen molar-refractivity contribution in [1.82, 2.24) is 35.3 Å². The lowest BCUT2D eigenvalue weighted by molar-refractivity contribution is 0.102. The summed E-state index contributed by atoms with van der Waals surface area (Å²) in [5.41, 5.74) is 1.87. The van der Waals surface area contributed by atoms with Gasteiger partial charge in [-0.25, -0.2) is 4.79 Å². The van der Waals surface area contributed by atoms with E-state index in [1.165, 1.54) is 20.3 Å². The molecule has 4 rings (SSSR count). The van der Waals surface area contributed by atoms with Crippen LogP contribution in [0.15, 0.2) is 36.4 Å². The molecule has 0 saturated carbocycles. The number of hydrogen-bond donors (Lipinski definition) is 3. The molecule has 0 bridgehead atoms. The molecule has 0 saturated heterocycles. The Balaban J connectivity index is 1.53. The average Bonchev–Trinajstić information content (AvgIpc) is 3.41. The molecule has 0 radical (unpaired) electrons. The summed E-state index contributed by atoms with van der Waals surface area (Å²) in [6.07, 6.45) is 0.